The van der Waals surface area contributed by atoms with Crippen LogP contribution in [0.5, 0.6) is 0 Å². The van der Waals surface area contributed by atoms with Crippen molar-refractivity contribution in [2.45, 2.75) is 19.4 Å². The van der Waals surface area contributed by atoms with E-state index < -0.39 is 15.5 Å². The van der Waals surface area contributed by atoms with Gasteiger partial charge in [0.2, 0.25) is 0 Å². The van der Waals surface area contributed by atoms with Gasteiger partial charge >= 0.3 is 15.5 Å². The first-order valence-electron chi connectivity index (χ1n) is 3.76. The van der Waals surface area contributed by atoms with E-state index in [4.69, 9.17) is 0 Å². The quantitative estimate of drug-likeness (QED) is 0.821. The number of rotatable bonds is 2. The summed E-state index contributed by atoms with van der Waals surface area (Å²) in [5.74, 6) is 0. The largest absolute Gasteiger partial charge is 0.516 e. The van der Waals surface area contributed by atoms with E-state index in [1.165, 1.54) is 18.6 Å². The molecule has 0 unspecified atom stereocenters. The number of hydrogen-bond donors (Lipinski definition) is 2. The Labute approximate surface area is 83.7 Å². The summed E-state index contributed by atoms with van der Waals surface area (Å²) >= 11 is 0. The molecule has 0 spiro atoms. The molecule has 0 bridgehead atoms. The van der Waals surface area contributed by atoms with Gasteiger partial charge < -0.3 is 0 Å². The van der Waals surface area contributed by atoms with Crippen molar-refractivity contribution >= 4 is 15.7 Å². The Morgan fingerprint density at radius 3 is 2.20 bits per heavy atom. The SMILES string of the molecule is Cc1n[nH]c(C)c1NS(=O)(=O)C(F)(F)F. The molecule has 0 aromatic carbocycles. The maximum absolute atomic E-state index is 12.0. The molecule has 1 rings (SSSR count). The van der Waals surface area contributed by atoms with Gasteiger partial charge in [-0.3, -0.25) is 9.82 Å². The summed E-state index contributed by atoms with van der Waals surface area (Å²) in [6.07, 6.45) is 0. The molecule has 5 nitrogen and oxygen atoms in total. The molecule has 1 aromatic rings. The molecule has 15 heavy (non-hydrogen) atoms. The number of aromatic nitrogens is 2. The number of alkyl halides is 3. The lowest BCUT2D eigenvalue weighted by Gasteiger charge is -2.10. The van der Waals surface area contributed by atoms with Crippen LogP contribution >= 0.6 is 0 Å². The van der Waals surface area contributed by atoms with E-state index in [1.807, 2.05) is 0 Å². The van der Waals surface area contributed by atoms with E-state index in [2.05, 4.69) is 10.2 Å². The lowest BCUT2D eigenvalue weighted by atomic mass is 10.3. The second-order valence-electron chi connectivity index (χ2n) is 2.86. The van der Waals surface area contributed by atoms with Crippen molar-refractivity contribution in [2.24, 2.45) is 0 Å². The highest BCUT2D eigenvalue weighted by atomic mass is 32.2. The Hall–Kier alpha value is -1.25. The van der Waals surface area contributed by atoms with Crippen LogP contribution in [0.15, 0.2) is 0 Å². The molecular formula is C6H8F3N3O2S. The van der Waals surface area contributed by atoms with Gasteiger partial charge in [-0.2, -0.15) is 26.7 Å². The zero-order chi connectivity index (χ0) is 11.9. The Kier molecular flexibility index (Phi) is 2.68. The van der Waals surface area contributed by atoms with E-state index in [0.717, 1.165) is 0 Å². The molecular weight excluding hydrogens is 235 g/mol. The zero-order valence-corrected chi connectivity index (χ0v) is 8.62. The fourth-order valence-corrected chi connectivity index (χ4v) is 1.58. The van der Waals surface area contributed by atoms with Gasteiger partial charge in [0, 0.05) is 0 Å². The molecule has 0 atom stereocenters. The van der Waals surface area contributed by atoms with Crippen LogP contribution in [0.3, 0.4) is 0 Å². The predicted molar refractivity (Wildman–Crippen MR) is 46.7 cm³/mol. The number of halogens is 3. The van der Waals surface area contributed by atoms with Crippen LogP contribution in [0.25, 0.3) is 0 Å². The van der Waals surface area contributed by atoms with E-state index in [0.29, 0.717) is 0 Å². The number of aromatic amines is 1. The van der Waals surface area contributed by atoms with Crippen molar-refractivity contribution in [1.82, 2.24) is 10.2 Å². The van der Waals surface area contributed by atoms with Crippen LogP contribution in [0.4, 0.5) is 18.9 Å². The molecule has 0 saturated carbocycles. The summed E-state index contributed by atoms with van der Waals surface area (Å²) in [7, 11) is -5.38. The van der Waals surface area contributed by atoms with E-state index in [1.54, 1.807) is 0 Å². The topological polar surface area (TPSA) is 74.8 Å². The minimum atomic E-state index is -5.38. The van der Waals surface area contributed by atoms with Gasteiger partial charge in [0.25, 0.3) is 0 Å². The third-order valence-electron chi connectivity index (χ3n) is 1.67. The van der Waals surface area contributed by atoms with Crippen LogP contribution < -0.4 is 4.72 Å². The average molecular weight is 243 g/mol. The maximum atomic E-state index is 12.0. The van der Waals surface area contributed by atoms with Crippen LogP contribution in [0, 0.1) is 13.8 Å². The van der Waals surface area contributed by atoms with Crippen molar-refractivity contribution in [3.05, 3.63) is 11.4 Å². The fourth-order valence-electron chi connectivity index (χ4n) is 0.893. The highest BCUT2D eigenvalue weighted by Crippen LogP contribution is 2.27. The first-order chi connectivity index (χ1) is 6.65. The lowest BCUT2D eigenvalue weighted by Crippen LogP contribution is -2.30. The first-order valence-corrected chi connectivity index (χ1v) is 5.24. The molecule has 0 amide bonds. The number of nitrogens with one attached hydrogen (secondary N) is 2. The summed E-state index contributed by atoms with van der Waals surface area (Å²) in [4.78, 5) is 0. The Morgan fingerprint density at radius 1 is 1.33 bits per heavy atom. The van der Waals surface area contributed by atoms with Crippen LogP contribution in [-0.2, 0) is 10.0 Å². The Balaban J connectivity index is 3.08. The van der Waals surface area contributed by atoms with E-state index in [9.17, 15) is 21.6 Å². The standard InChI is InChI=1S/C6H8F3N3O2S/c1-3-5(4(2)11-10-3)12-15(13,14)6(7,8)9/h12H,1-2H3,(H,10,11). The second kappa shape index (κ2) is 3.40. The van der Waals surface area contributed by atoms with Gasteiger partial charge in [0.15, 0.2) is 0 Å². The van der Waals surface area contributed by atoms with Crippen LogP contribution in [0.2, 0.25) is 0 Å². The van der Waals surface area contributed by atoms with Gasteiger partial charge in [-0.05, 0) is 13.8 Å². The van der Waals surface area contributed by atoms with E-state index >= 15 is 0 Å². The van der Waals surface area contributed by atoms with Crippen molar-refractivity contribution in [3.8, 4) is 0 Å². The van der Waals surface area contributed by atoms with Gasteiger partial charge in [-0.1, -0.05) is 0 Å². The van der Waals surface area contributed by atoms with Gasteiger partial charge in [-0.15, -0.1) is 0 Å². The van der Waals surface area contributed by atoms with E-state index in [-0.39, 0.29) is 17.1 Å². The Bertz CT molecular complexity index is 443. The Morgan fingerprint density at radius 2 is 1.87 bits per heavy atom. The van der Waals surface area contributed by atoms with Gasteiger partial charge in [-0.25, -0.2) is 0 Å². The lowest BCUT2D eigenvalue weighted by molar-refractivity contribution is -0.0429. The maximum Gasteiger partial charge on any atom is 0.516 e. The van der Waals surface area contributed by atoms with Crippen molar-refractivity contribution in [1.29, 1.82) is 0 Å². The third kappa shape index (κ3) is 2.22. The molecule has 1 aromatic heterocycles. The third-order valence-corrected chi connectivity index (χ3v) is 2.75. The fraction of sp³-hybridized carbons (Fsp3) is 0.500. The number of aryl methyl sites for hydroxylation is 2. The second-order valence-corrected chi connectivity index (χ2v) is 4.53. The average Bonchev–Trinajstić information content (AvgIpc) is 2.33. The molecule has 9 heteroatoms. The smallest absolute Gasteiger partial charge is 0.280 e. The predicted octanol–water partition coefficient (Wildman–Crippen LogP) is 1.29. The molecule has 0 aliphatic rings. The summed E-state index contributed by atoms with van der Waals surface area (Å²) < 4.78 is 58.9. The number of sulfonamides is 1. The van der Waals surface area contributed by atoms with Crippen molar-refractivity contribution in [2.75, 3.05) is 4.72 Å². The van der Waals surface area contributed by atoms with Gasteiger partial charge in [0.05, 0.1) is 17.1 Å². The van der Waals surface area contributed by atoms with Gasteiger partial charge in [0.1, 0.15) is 0 Å². The highest BCUT2D eigenvalue weighted by Gasteiger charge is 2.46. The van der Waals surface area contributed by atoms with Crippen LogP contribution in [0.1, 0.15) is 11.4 Å². The highest BCUT2D eigenvalue weighted by molar-refractivity contribution is 7.93. The molecule has 0 fully saturated rings. The van der Waals surface area contributed by atoms with Crippen molar-refractivity contribution < 1.29 is 21.6 Å². The molecule has 0 saturated heterocycles. The summed E-state index contributed by atoms with van der Waals surface area (Å²) in [5, 5.41) is 5.93. The first kappa shape index (κ1) is 11.8. The number of hydrogen-bond acceptors (Lipinski definition) is 3. The number of H-pyrrole nitrogens is 1. The normalized spacial score (nSPS) is 12.9. The van der Waals surface area contributed by atoms with Crippen molar-refractivity contribution in [3.63, 3.8) is 0 Å². The molecule has 2 N–H and O–H groups in total. The monoisotopic (exact) mass is 243 g/mol. The van der Waals surface area contributed by atoms with Crippen LogP contribution in [-0.4, -0.2) is 24.1 Å². The number of anilines is 1. The summed E-state index contributed by atoms with van der Waals surface area (Å²) in [5.41, 5.74) is -5.13. The molecule has 0 aliphatic carbocycles. The summed E-state index contributed by atoms with van der Waals surface area (Å²) in [6, 6.07) is 0. The summed E-state index contributed by atoms with van der Waals surface area (Å²) in [6.45, 7) is 2.80. The zero-order valence-electron chi connectivity index (χ0n) is 7.81. The molecule has 0 aliphatic heterocycles. The number of nitrogens with zero attached hydrogens (tertiary/aromatic N) is 1. The minimum Gasteiger partial charge on any atom is -0.280 e. The molecule has 86 valence electrons. The minimum absolute atomic E-state index is 0.153. The molecule has 1 heterocycles. The molecule has 0 radical (unpaired) electrons.